The van der Waals surface area contributed by atoms with Crippen LogP contribution < -0.4 is 5.32 Å². The number of likely N-dealkylation sites (N-methyl/N-ethyl adjacent to an activating group) is 1. The van der Waals surface area contributed by atoms with Crippen molar-refractivity contribution in [2.75, 3.05) is 7.05 Å². The van der Waals surface area contributed by atoms with Gasteiger partial charge in [0.2, 0.25) is 0 Å². The van der Waals surface area contributed by atoms with Gasteiger partial charge >= 0.3 is 0 Å². The Morgan fingerprint density at radius 3 is 2.64 bits per heavy atom. The molecule has 0 radical (unpaired) electrons. The summed E-state index contributed by atoms with van der Waals surface area (Å²) < 4.78 is 0. The fourth-order valence-electron chi connectivity index (χ4n) is 1.29. The highest BCUT2D eigenvalue weighted by atomic mass is 19.0. The van der Waals surface area contributed by atoms with E-state index in [9.17, 15) is 4.79 Å². The minimum absolute atomic E-state index is 0. The molecule has 1 N–H and O–H groups in total. The monoisotopic (exact) mass is 199 g/mol. The maximum Gasteiger partial charge on any atom is 0.137 e. The van der Waals surface area contributed by atoms with Gasteiger partial charge in [0.25, 0.3) is 0 Å². The van der Waals surface area contributed by atoms with E-state index < -0.39 is 0 Å². The number of carbonyl (C=O) groups excluding carboxylic acids is 1. The van der Waals surface area contributed by atoms with Crippen molar-refractivity contribution < 1.29 is 10.9 Å². The summed E-state index contributed by atoms with van der Waals surface area (Å²) in [5, 5.41) is 2.96. The fraction of sp³-hybridized carbons (Fsp3) is 0.364. The average molecular weight is 199 g/mol. The molecular formula is C11H18FNO. The molecule has 0 saturated heterocycles. The molecule has 14 heavy (non-hydrogen) atoms. The summed E-state index contributed by atoms with van der Waals surface area (Å²) >= 11 is 0. The van der Waals surface area contributed by atoms with Gasteiger partial charge in [-0.15, -0.1) is 0 Å². The van der Waals surface area contributed by atoms with E-state index in [0.29, 0.717) is 0 Å². The molecule has 0 spiro atoms. The first-order valence-electron chi connectivity index (χ1n) is 4.45. The van der Waals surface area contributed by atoms with Crippen molar-refractivity contribution in [3.63, 3.8) is 0 Å². The Morgan fingerprint density at radius 2 is 2.14 bits per heavy atom. The Morgan fingerprint density at radius 1 is 1.50 bits per heavy atom. The zero-order valence-corrected chi connectivity index (χ0v) is 8.49. The van der Waals surface area contributed by atoms with E-state index in [1.807, 2.05) is 12.1 Å². The topological polar surface area (TPSA) is 29.1 Å². The Hall–Kier alpha value is -1.22. The van der Waals surface area contributed by atoms with Crippen molar-refractivity contribution in [2.24, 2.45) is 0 Å². The van der Waals surface area contributed by atoms with E-state index >= 15 is 0 Å². The Balaban J connectivity index is 0. The number of nitrogens with one attached hydrogen (secondary N) is 1. The van der Waals surface area contributed by atoms with Crippen LogP contribution in [0.4, 0.5) is 4.70 Å². The van der Waals surface area contributed by atoms with Crippen molar-refractivity contribution in [2.45, 2.75) is 19.4 Å². The van der Waals surface area contributed by atoms with Crippen LogP contribution in [0.5, 0.6) is 0 Å². The largest absolute Gasteiger partial charge is 0.311 e. The van der Waals surface area contributed by atoms with E-state index in [4.69, 9.17) is 0 Å². The second-order valence-electron chi connectivity index (χ2n) is 3.16. The van der Waals surface area contributed by atoms with Gasteiger partial charge < -0.3 is 10.1 Å². The van der Waals surface area contributed by atoms with Crippen molar-refractivity contribution in [3.8, 4) is 0 Å². The number of carbonyl (C=O) groups is 1. The van der Waals surface area contributed by atoms with Gasteiger partial charge in [-0.3, -0.25) is 4.70 Å². The number of hydrogen-bond donors (Lipinski definition) is 1. The lowest BCUT2D eigenvalue weighted by Gasteiger charge is -2.10. The molecule has 0 saturated carbocycles. The Labute approximate surface area is 85.2 Å². The molecule has 0 bridgehead atoms. The third-order valence-corrected chi connectivity index (χ3v) is 2.24. The molecule has 0 aromatic heterocycles. The summed E-state index contributed by atoms with van der Waals surface area (Å²) in [7, 11) is 1.80. The van der Waals surface area contributed by atoms with Gasteiger partial charge in [-0.05, 0) is 31.5 Å². The number of rotatable bonds is 4. The average Bonchev–Trinajstić information content (AvgIpc) is 2.17. The summed E-state index contributed by atoms with van der Waals surface area (Å²) in [4.78, 5) is 10.6. The molecule has 2 nitrogen and oxygen atoms in total. The maximum absolute atomic E-state index is 10.6. The molecule has 0 amide bonds. The Kier molecular flexibility index (Phi) is 5.72. The summed E-state index contributed by atoms with van der Waals surface area (Å²) in [5.74, 6) is 0. The zero-order valence-electron chi connectivity index (χ0n) is 8.49. The molecule has 0 heterocycles. The lowest BCUT2D eigenvalue weighted by Crippen LogP contribution is -2.29. The van der Waals surface area contributed by atoms with Crippen LogP contribution >= 0.6 is 0 Å². The summed E-state index contributed by atoms with van der Waals surface area (Å²) in [6.07, 6.45) is 1.72. The summed E-state index contributed by atoms with van der Waals surface area (Å²) in [6, 6.07) is 8.06. The predicted octanol–water partition coefficient (Wildman–Crippen LogP) is 1.72. The second kappa shape index (κ2) is 6.27. The molecular weight excluding hydrogens is 181 g/mol. The fourth-order valence-corrected chi connectivity index (χ4v) is 1.29. The van der Waals surface area contributed by atoms with Crippen molar-refractivity contribution in [3.05, 3.63) is 35.4 Å². The maximum atomic E-state index is 10.6. The van der Waals surface area contributed by atoms with Gasteiger partial charge in [0, 0.05) is 1.43 Å². The molecule has 80 valence electrons. The SMILES string of the molecule is CN[C@H](C=O)Cc1ccccc1C.F.[HH]. The number of hydrogen-bond acceptors (Lipinski definition) is 2. The first-order valence-corrected chi connectivity index (χ1v) is 4.45. The van der Waals surface area contributed by atoms with Crippen molar-refractivity contribution in [1.29, 1.82) is 0 Å². The molecule has 3 heteroatoms. The molecule has 1 aromatic carbocycles. The number of halogens is 1. The lowest BCUT2D eigenvalue weighted by molar-refractivity contribution is -0.109. The normalized spacial score (nSPS) is 11.6. The quantitative estimate of drug-likeness (QED) is 0.748. The van der Waals surface area contributed by atoms with Crippen LogP contribution in [0.2, 0.25) is 0 Å². The van der Waals surface area contributed by atoms with Crippen LogP contribution in [0.3, 0.4) is 0 Å². The van der Waals surface area contributed by atoms with Crippen LogP contribution in [-0.4, -0.2) is 19.4 Å². The highest BCUT2D eigenvalue weighted by Gasteiger charge is 2.06. The van der Waals surface area contributed by atoms with E-state index in [-0.39, 0.29) is 12.2 Å². The minimum atomic E-state index is -0.0684. The van der Waals surface area contributed by atoms with Gasteiger partial charge in [0.1, 0.15) is 6.29 Å². The second-order valence-corrected chi connectivity index (χ2v) is 3.16. The lowest BCUT2D eigenvalue weighted by atomic mass is 10.0. The molecule has 0 unspecified atom stereocenters. The van der Waals surface area contributed by atoms with Gasteiger partial charge in [0.15, 0.2) is 0 Å². The molecule has 0 aliphatic rings. The smallest absolute Gasteiger partial charge is 0.137 e. The van der Waals surface area contributed by atoms with Gasteiger partial charge in [-0.2, -0.15) is 0 Å². The van der Waals surface area contributed by atoms with Crippen LogP contribution in [0, 0.1) is 6.92 Å². The standard InChI is InChI=1S/C11H15NO.FH.H2/c1-9-5-3-4-6-10(9)7-11(8-13)12-2;;/h3-6,8,11-12H,7H2,1-2H3;2*1H/t11-;;/m0../s1. The van der Waals surface area contributed by atoms with Gasteiger partial charge in [-0.1, -0.05) is 24.3 Å². The third-order valence-electron chi connectivity index (χ3n) is 2.24. The van der Waals surface area contributed by atoms with E-state index in [1.54, 1.807) is 7.05 Å². The molecule has 1 rings (SSSR count). The highest BCUT2D eigenvalue weighted by molar-refractivity contribution is 5.58. The van der Waals surface area contributed by atoms with E-state index in [0.717, 1.165) is 12.7 Å². The van der Waals surface area contributed by atoms with Crippen LogP contribution in [0.25, 0.3) is 0 Å². The molecule has 0 fully saturated rings. The predicted molar refractivity (Wildman–Crippen MR) is 58.4 cm³/mol. The first-order chi connectivity index (χ1) is 6.27. The minimum Gasteiger partial charge on any atom is -0.311 e. The summed E-state index contributed by atoms with van der Waals surface area (Å²) in [6.45, 7) is 2.06. The molecule has 1 atom stereocenters. The molecule has 1 aromatic rings. The molecule has 0 aliphatic heterocycles. The first kappa shape index (κ1) is 12.8. The van der Waals surface area contributed by atoms with Crippen LogP contribution in [0.1, 0.15) is 12.6 Å². The van der Waals surface area contributed by atoms with Gasteiger partial charge in [0.05, 0.1) is 6.04 Å². The van der Waals surface area contributed by atoms with Gasteiger partial charge in [-0.25, -0.2) is 0 Å². The van der Waals surface area contributed by atoms with Crippen LogP contribution in [0.15, 0.2) is 24.3 Å². The number of benzene rings is 1. The van der Waals surface area contributed by atoms with E-state index in [2.05, 4.69) is 24.4 Å². The molecule has 0 aliphatic carbocycles. The highest BCUT2D eigenvalue weighted by Crippen LogP contribution is 2.08. The van der Waals surface area contributed by atoms with Crippen molar-refractivity contribution >= 4 is 6.29 Å². The third kappa shape index (κ3) is 3.26. The number of aldehydes is 1. The van der Waals surface area contributed by atoms with Crippen LogP contribution in [-0.2, 0) is 11.2 Å². The van der Waals surface area contributed by atoms with Crippen molar-refractivity contribution in [1.82, 2.24) is 5.32 Å². The zero-order chi connectivity index (χ0) is 9.68. The van der Waals surface area contributed by atoms with E-state index in [1.165, 1.54) is 11.1 Å². The Bertz CT molecular complexity index is 294. The summed E-state index contributed by atoms with van der Waals surface area (Å²) in [5.41, 5.74) is 2.47. The number of aryl methyl sites for hydroxylation is 1.